The van der Waals surface area contributed by atoms with Crippen LogP contribution in [0.25, 0.3) is 0 Å². The van der Waals surface area contributed by atoms with Crippen LogP contribution < -0.4 is 0 Å². The van der Waals surface area contributed by atoms with E-state index in [9.17, 15) is 35.4 Å². The number of aliphatic carboxylic acids is 1. The monoisotopic (exact) mass is 776 g/mol. The van der Waals surface area contributed by atoms with Crippen molar-refractivity contribution in [1.82, 2.24) is 0 Å². The molecule has 7 aliphatic carbocycles. The largest absolute Gasteiger partial charge is 0.481 e. The number of fused-ring (bicyclic) bond motifs is 3. The number of aliphatic hydroxyl groups is 5. The molecule has 1 aliphatic heterocycles. The number of carbonyl (C=O) groups is 1. The molecule has 56 heavy (non-hydrogen) atoms. The van der Waals surface area contributed by atoms with Gasteiger partial charge in [-0.25, -0.2) is 0 Å². The third-order valence-corrected chi connectivity index (χ3v) is 18.1. The molecule has 18 unspecified atom stereocenters. The number of carboxylic acid groups (broad SMARTS) is 1. The van der Waals surface area contributed by atoms with Crippen molar-refractivity contribution in [3.05, 3.63) is 59.7 Å². The smallest absolute Gasteiger partial charge is 0.310 e. The van der Waals surface area contributed by atoms with Crippen molar-refractivity contribution in [3.63, 3.8) is 0 Å². The van der Waals surface area contributed by atoms with Crippen molar-refractivity contribution < 1.29 is 49.6 Å². The maximum atomic E-state index is 13.4. The maximum Gasteiger partial charge on any atom is 0.310 e. The highest BCUT2D eigenvalue weighted by molar-refractivity contribution is 5.76. The van der Waals surface area contributed by atoms with Gasteiger partial charge in [-0.1, -0.05) is 88.2 Å². The zero-order valence-corrected chi connectivity index (χ0v) is 33.6. The molecule has 308 valence electrons. The third-order valence-electron chi connectivity index (χ3n) is 18.1. The van der Waals surface area contributed by atoms with Crippen LogP contribution in [0.4, 0.5) is 0 Å². The first-order valence-corrected chi connectivity index (χ1v) is 21.4. The summed E-state index contributed by atoms with van der Waals surface area (Å²) in [5.74, 6) is -0.377. The Morgan fingerprint density at radius 2 is 1.62 bits per heavy atom. The molecule has 0 amide bonds. The topological polar surface area (TPSA) is 166 Å². The number of aliphatic hydroxyl groups excluding tert-OH is 5. The van der Waals surface area contributed by atoms with Crippen LogP contribution in [0.3, 0.4) is 0 Å². The fraction of sp³-hybridized carbons (Fsp3) is 0.761. The van der Waals surface area contributed by atoms with Crippen molar-refractivity contribution >= 4 is 5.97 Å². The van der Waals surface area contributed by atoms with E-state index in [1.807, 2.05) is 30.3 Å². The molecule has 9 rings (SSSR count). The molecule has 6 bridgehead atoms. The van der Waals surface area contributed by atoms with Crippen LogP contribution in [0.1, 0.15) is 91.0 Å². The molecular formula is C46H64O10. The third kappa shape index (κ3) is 5.18. The first kappa shape index (κ1) is 39.3. The summed E-state index contributed by atoms with van der Waals surface area (Å²) in [6, 6.07) is 10.0. The zero-order valence-electron chi connectivity index (χ0n) is 33.6. The Labute approximate surface area is 331 Å². The highest BCUT2D eigenvalue weighted by Crippen LogP contribution is 2.82. The van der Waals surface area contributed by atoms with Crippen LogP contribution in [0.15, 0.2) is 54.1 Å². The van der Waals surface area contributed by atoms with Gasteiger partial charge in [0.1, 0.15) is 18.3 Å². The van der Waals surface area contributed by atoms with Crippen LogP contribution in [0, 0.1) is 68.0 Å². The summed E-state index contributed by atoms with van der Waals surface area (Å²) >= 11 is 0. The number of benzene rings is 1. The predicted molar refractivity (Wildman–Crippen MR) is 206 cm³/mol. The van der Waals surface area contributed by atoms with Crippen molar-refractivity contribution in [1.29, 1.82) is 0 Å². The molecule has 6 N–H and O–H groups in total. The summed E-state index contributed by atoms with van der Waals surface area (Å²) in [4.78, 5) is 13.4. The molecule has 6 fully saturated rings. The molecule has 10 nitrogen and oxygen atoms in total. The van der Waals surface area contributed by atoms with Gasteiger partial charge in [-0.2, -0.15) is 0 Å². The van der Waals surface area contributed by atoms with E-state index >= 15 is 0 Å². The van der Waals surface area contributed by atoms with Crippen molar-refractivity contribution in [2.24, 2.45) is 68.0 Å². The van der Waals surface area contributed by atoms with Gasteiger partial charge in [0, 0.05) is 17.9 Å². The normalized spacial score (nSPS) is 52.9. The lowest BCUT2D eigenvalue weighted by atomic mass is 9.26. The average molecular weight is 777 g/mol. The van der Waals surface area contributed by atoms with Crippen molar-refractivity contribution in [3.8, 4) is 0 Å². The number of hydrogen-bond donors (Lipinski definition) is 6. The molecule has 1 saturated heterocycles. The fourth-order valence-electron chi connectivity index (χ4n) is 15.5. The minimum atomic E-state index is -1.48. The van der Waals surface area contributed by atoms with Gasteiger partial charge in [0.05, 0.1) is 37.4 Å². The van der Waals surface area contributed by atoms with Crippen LogP contribution in [0.5, 0.6) is 0 Å². The van der Waals surface area contributed by atoms with E-state index in [0.717, 1.165) is 44.1 Å². The van der Waals surface area contributed by atoms with Crippen LogP contribution >= 0.6 is 0 Å². The lowest BCUT2D eigenvalue weighted by molar-refractivity contribution is -0.351. The van der Waals surface area contributed by atoms with E-state index in [2.05, 4.69) is 45.9 Å². The number of hydrogen-bond acceptors (Lipinski definition) is 9. The Kier molecular flexibility index (Phi) is 9.43. The van der Waals surface area contributed by atoms with E-state index < -0.39 is 53.6 Å². The van der Waals surface area contributed by atoms with Crippen LogP contribution in [0.2, 0.25) is 0 Å². The lowest BCUT2D eigenvalue weighted by Crippen LogP contribution is -2.76. The Bertz CT molecular complexity index is 1750. The van der Waals surface area contributed by atoms with Crippen LogP contribution in [-0.4, -0.2) is 93.2 Å². The fourth-order valence-corrected chi connectivity index (χ4v) is 15.5. The molecule has 1 aromatic carbocycles. The number of rotatable bonds is 8. The van der Waals surface area contributed by atoms with E-state index in [1.165, 1.54) is 5.57 Å². The second-order valence-corrected chi connectivity index (χ2v) is 20.7. The van der Waals surface area contributed by atoms with Crippen molar-refractivity contribution in [2.45, 2.75) is 129 Å². The number of ether oxygens (including phenoxy) is 3. The van der Waals surface area contributed by atoms with E-state index in [0.29, 0.717) is 25.9 Å². The molecule has 0 spiro atoms. The molecular weight excluding hydrogens is 712 g/mol. The van der Waals surface area contributed by atoms with Gasteiger partial charge in [0.2, 0.25) is 0 Å². The zero-order chi connectivity index (χ0) is 39.6. The summed E-state index contributed by atoms with van der Waals surface area (Å²) in [6.45, 7) is 9.19. The Morgan fingerprint density at radius 3 is 2.34 bits per heavy atom. The van der Waals surface area contributed by atoms with E-state index in [1.54, 1.807) is 0 Å². The Balaban J connectivity index is 1.18. The van der Waals surface area contributed by atoms with Gasteiger partial charge >= 0.3 is 5.97 Å². The van der Waals surface area contributed by atoms with Gasteiger partial charge in [0.25, 0.3) is 0 Å². The molecule has 10 heteroatoms. The summed E-state index contributed by atoms with van der Waals surface area (Å²) in [5.41, 5.74) is -0.291. The van der Waals surface area contributed by atoms with E-state index in [4.69, 9.17) is 14.2 Å². The SMILES string of the molecule is CC1(CO)CCC2(C(=O)O)CCC3(C)C(=CC4CCCC35CC3C=CC6C(OCc7ccccc7)C(OC7OCC(O)C(O)C7O)C(C)(CO)C3C6(C)C45)C2C1. The van der Waals surface area contributed by atoms with E-state index in [-0.39, 0.29) is 77.0 Å². The quantitative estimate of drug-likeness (QED) is 0.152. The minimum absolute atomic E-state index is 0.0147. The Morgan fingerprint density at radius 1 is 0.875 bits per heavy atom. The van der Waals surface area contributed by atoms with Gasteiger partial charge < -0.3 is 44.8 Å². The highest BCUT2D eigenvalue weighted by Gasteiger charge is 2.78. The predicted octanol–water partition coefficient (Wildman–Crippen LogP) is 5.25. The summed E-state index contributed by atoms with van der Waals surface area (Å²) in [7, 11) is 0. The maximum absolute atomic E-state index is 13.4. The van der Waals surface area contributed by atoms with Gasteiger partial charge in [0.15, 0.2) is 6.29 Å². The van der Waals surface area contributed by atoms with Gasteiger partial charge in [-0.3, -0.25) is 4.79 Å². The standard InChI is InChI=1S/C46H64O10/c1-41(24-47)15-17-45(40(52)53)18-16-43(3)30(31(45)21-41)19-27-11-8-14-46(43)20-28-12-13-29-35(54-22-26-9-6-5-7-10-26)38(56-39-34(51)33(50)32(49)23-55-39)42(2,25-48)36(28)44(29,4)37(27)46/h5-7,9-10,12-13,19,27-29,31-39,47-51H,8,11,14-18,20-25H2,1-4H3,(H,52,53). The second-order valence-electron chi connectivity index (χ2n) is 20.7. The van der Waals surface area contributed by atoms with Crippen LogP contribution in [-0.2, 0) is 25.6 Å². The molecule has 1 heterocycles. The molecule has 1 aromatic rings. The highest BCUT2D eigenvalue weighted by atomic mass is 16.7. The number of allylic oxidation sites excluding steroid dienone is 3. The van der Waals surface area contributed by atoms with Gasteiger partial charge in [-0.05, 0) is 108 Å². The average Bonchev–Trinajstić information content (AvgIpc) is 3.18. The van der Waals surface area contributed by atoms with Crippen molar-refractivity contribution in [2.75, 3.05) is 19.8 Å². The first-order chi connectivity index (χ1) is 26.6. The van der Waals surface area contributed by atoms with Gasteiger partial charge in [-0.15, -0.1) is 0 Å². The number of carboxylic acids is 1. The summed E-state index contributed by atoms with van der Waals surface area (Å²) < 4.78 is 19.8. The molecule has 0 radical (unpaired) electrons. The second kappa shape index (κ2) is 13.4. The minimum Gasteiger partial charge on any atom is -0.481 e. The first-order valence-electron chi connectivity index (χ1n) is 21.4. The molecule has 0 aromatic heterocycles. The molecule has 5 saturated carbocycles. The molecule has 18 atom stereocenters. The summed E-state index contributed by atoms with van der Waals surface area (Å²) in [6.07, 6.45) is 8.29. The lowest BCUT2D eigenvalue weighted by Gasteiger charge is -2.78. The summed E-state index contributed by atoms with van der Waals surface area (Å²) in [5, 5.41) is 65.5. The molecule has 8 aliphatic rings. The Hall–Kier alpha value is -2.15.